The molecule has 0 N–H and O–H groups in total. The zero-order valence-electron chi connectivity index (χ0n) is 14.1. The van der Waals surface area contributed by atoms with Gasteiger partial charge in [-0.25, -0.2) is 0 Å². The van der Waals surface area contributed by atoms with Crippen molar-refractivity contribution in [3.8, 4) is 16.9 Å². The Bertz CT molecular complexity index is 654. The predicted molar refractivity (Wildman–Crippen MR) is 98.0 cm³/mol. The van der Waals surface area contributed by atoms with E-state index >= 15 is 0 Å². The fourth-order valence-corrected chi connectivity index (χ4v) is 3.52. The predicted octanol–water partition coefficient (Wildman–Crippen LogP) is 5.82. The number of fused-ring (bicyclic) bond motifs is 1. The van der Waals surface area contributed by atoms with Gasteiger partial charge in [-0.15, -0.1) is 6.58 Å². The van der Waals surface area contributed by atoms with Crippen LogP contribution in [0.2, 0.25) is 0 Å². The Hall–Kier alpha value is -2.02. The van der Waals surface area contributed by atoms with Crippen molar-refractivity contribution >= 4 is 0 Å². The lowest BCUT2D eigenvalue weighted by molar-refractivity contribution is 0.340. The molecule has 1 unspecified atom stereocenters. The first-order chi connectivity index (χ1) is 11.3. The van der Waals surface area contributed by atoms with Crippen LogP contribution in [-0.4, -0.2) is 6.61 Å². The number of hydrogen-bond acceptors (Lipinski definition) is 1. The molecule has 0 spiro atoms. The molecular weight excluding hydrogens is 280 g/mol. The van der Waals surface area contributed by atoms with Gasteiger partial charge in [-0.05, 0) is 79.3 Å². The van der Waals surface area contributed by atoms with E-state index < -0.39 is 0 Å². The highest BCUT2D eigenvalue weighted by Gasteiger charge is 2.18. The molecule has 0 bridgehead atoms. The minimum absolute atomic E-state index is 0.714. The van der Waals surface area contributed by atoms with Gasteiger partial charge in [0.25, 0.3) is 0 Å². The van der Waals surface area contributed by atoms with Crippen LogP contribution in [0.25, 0.3) is 11.1 Å². The number of ether oxygens (including phenoxy) is 1. The van der Waals surface area contributed by atoms with Gasteiger partial charge in [0.2, 0.25) is 0 Å². The summed E-state index contributed by atoms with van der Waals surface area (Å²) in [5.74, 6) is 1.77. The van der Waals surface area contributed by atoms with E-state index in [1.807, 2.05) is 13.0 Å². The molecule has 23 heavy (non-hydrogen) atoms. The summed E-state index contributed by atoms with van der Waals surface area (Å²) in [5.41, 5.74) is 5.66. The summed E-state index contributed by atoms with van der Waals surface area (Å²) in [6.07, 6.45) is 8.22. The van der Waals surface area contributed by atoms with Crippen molar-refractivity contribution in [3.63, 3.8) is 0 Å². The first kappa shape index (κ1) is 15.9. The van der Waals surface area contributed by atoms with Crippen LogP contribution in [0.3, 0.4) is 0 Å². The Morgan fingerprint density at radius 3 is 2.61 bits per heavy atom. The lowest BCUT2D eigenvalue weighted by Gasteiger charge is -2.25. The van der Waals surface area contributed by atoms with Gasteiger partial charge in [0, 0.05) is 0 Å². The van der Waals surface area contributed by atoms with Crippen LogP contribution in [-0.2, 0) is 12.8 Å². The molecule has 1 heteroatoms. The molecule has 0 saturated heterocycles. The summed E-state index contributed by atoms with van der Waals surface area (Å²) < 4.78 is 5.52. The van der Waals surface area contributed by atoms with E-state index in [0.717, 1.165) is 18.1 Å². The van der Waals surface area contributed by atoms with Crippen molar-refractivity contribution in [2.45, 2.75) is 39.0 Å². The molecule has 1 atom stereocenters. The Morgan fingerprint density at radius 2 is 1.87 bits per heavy atom. The Morgan fingerprint density at radius 1 is 1.09 bits per heavy atom. The minimum atomic E-state index is 0.714. The van der Waals surface area contributed by atoms with Crippen LogP contribution in [0.15, 0.2) is 55.1 Å². The summed E-state index contributed by atoms with van der Waals surface area (Å²) in [7, 11) is 0. The molecule has 0 fully saturated rings. The first-order valence-corrected chi connectivity index (χ1v) is 8.76. The van der Waals surface area contributed by atoms with Gasteiger partial charge >= 0.3 is 0 Å². The number of benzene rings is 2. The van der Waals surface area contributed by atoms with Crippen molar-refractivity contribution in [2.75, 3.05) is 6.61 Å². The first-order valence-electron chi connectivity index (χ1n) is 8.76. The molecule has 3 rings (SSSR count). The molecule has 2 aromatic rings. The van der Waals surface area contributed by atoms with Crippen molar-refractivity contribution < 1.29 is 4.74 Å². The summed E-state index contributed by atoms with van der Waals surface area (Å²) in [6.45, 7) is 6.57. The van der Waals surface area contributed by atoms with E-state index in [9.17, 15) is 0 Å². The quantitative estimate of drug-likeness (QED) is 0.611. The number of hydrogen-bond donors (Lipinski definition) is 0. The molecule has 1 nitrogen and oxygen atoms in total. The molecule has 0 saturated carbocycles. The summed E-state index contributed by atoms with van der Waals surface area (Å²) in [6, 6.07) is 15.4. The van der Waals surface area contributed by atoms with Crippen molar-refractivity contribution in [1.29, 1.82) is 0 Å². The van der Waals surface area contributed by atoms with Crippen LogP contribution in [0.5, 0.6) is 5.75 Å². The topological polar surface area (TPSA) is 9.23 Å². The monoisotopic (exact) mass is 306 g/mol. The third-order valence-electron chi connectivity index (χ3n) is 4.81. The molecule has 120 valence electrons. The largest absolute Gasteiger partial charge is 0.494 e. The number of allylic oxidation sites excluding steroid dienone is 1. The lowest BCUT2D eigenvalue weighted by Crippen LogP contribution is -2.14. The van der Waals surface area contributed by atoms with Crippen LogP contribution in [0.1, 0.15) is 37.3 Å². The zero-order chi connectivity index (χ0) is 16.1. The van der Waals surface area contributed by atoms with Crippen LogP contribution < -0.4 is 4.74 Å². The second kappa shape index (κ2) is 7.50. The molecule has 0 heterocycles. The van der Waals surface area contributed by atoms with Gasteiger partial charge < -0.3 is 4.74 Å². The number of aryl methyl sites for hydroxylation is 1. The van der Waals surface area contributed by atoms with Gasteiger partial charge in [0.1, 0.15) is 5.75 Å². The second-order valence-electron chi connectivity index (χ2n) is 6.42. The normalized spacial score (nSPS) is 16.7. The maximum atomic E-state index is 5.52. The maximum absolute atomic E-state index is 5.52. The zero-order valence-corrected chi connectivity index (χ0v) is 14.1. The smallest absolute Gasteiger partial charge is 0.119 e. The maximum Gasteiger partial charge on any atom is 0.119 e. The van der Waals surface area contributed by atoms with Crippen LogP contribution >= 0.6 is 0 Å². The van der Waals surface area contributed by atoms with Gasteiger partial charge in [0.15, 0.2) is 0 Å². The van der Waals surface area contributed by atoms with Gasteiger partial charge in [-0.2, -0.15) is 0 Å². The van der Waals surface area contributed by atoms with Crippen molar-refractivity contribution in [3.05, 3.63) is 66.2 Å². The SMILES string of the molecule is C=CCCC1CCc2cc(-c3ccc(OCC)cc3)ccc2C1. The summed E-state index contributed by atoms with van der Waals surface area (Å²) in [5, 5.41) is 0. The van der Waals surface area contributed by atoms with Gasteiger partial charge in [-0.3, -0.25) is 0 Å². The molecule has 0 radical (unpaired) electrons. The minimum Gasteiger partial charge on any atom is -0.494 e. The fourth-order valence-electron chi connectivity index (χ4n) is 3.52. The van der Waals surface area contributed by atoms with Crippen LogP contribution in [0, 0.1) is 5.92 Å². The van der Waals surface area contributed by atoms with E-state index in [4.69, 9.17) is 4.74 Å². The Kier molecular flexibility index (Phi) is 5.17. The van der Waals surface area contributed by atoms with E-state index in [0.29, 0.717) is 6.61 Å². The molecule has 0 amide bonds. The van der Waals surface area contributed by atoms with E-state index in [1.54, 1.807) is 5.56 Å². The standard InChI is InChI=1S/C22H26O/c1-3-5-6-17-7-8-21-16-20(10-9-19(21)15-17)18-11-13-22(14-12-18)23-4-2/h3,9-14,16-17H,1,4-8,15H2,2H3. The van der Waals surface area contributed by atoms with Crippen molar-refractivity contribution in [1.82, 2.24) is 0 Å². The van der Waals surface area contributed by atoms with Gasteiger partial charge in [0.05, 0.1) is 6.61 Å². The molecule has 1 aliphatic carbocycles. The lowest BCUT2D eigenvalue weighted by atomic mass is 9.80. The summed E-state index contributed by atoms with van der Waals surface area (Å²) in [4.78, 5) is 0. The highest BCUT2D eigenvalue weighted by Crippen LogP contribution is 2.32. The van der Waals surface area contributed by atoms with E-state index in [2.05, 4.69) is 49.0 Å². The molecule has 1 aliphatic rings. The van der Waals surface area contributed by atoms with Gasteiger partial charge in [-0.1, -0.05) is 36.4 Å². The Balaban J connectivity index is 1.75. The third kappa shape index (κ3) is 3.85. The summed E-state index contributed by atoms with van der Waals surface area (Å²) >= 11 is 0. The average Bonchev–Trinajstić information content (AvgIpc) is 2.60. The van der Waals surface area contributed by atoms with E-state index in [1.165, 1.54) is 42.4 Å². The highest BCUT2D eigenvalue weighted by atomic mass is 16.5. The molecule has 0 aliphatic heterocycles. The second-order valence-corrected chi connectivity index (χ2v) is 6.42. The molecule has 0 aromatic heterocycles. The fraction of sp³-hybridized carbons (Fsp3) is 0.364. The molecule has 2 aromatic carbocycles. The highest BCUT2D eigenvalue weighted by molar-refractivity contribution is 5.65. The Labute approximate surface area is 140 Å². The van der Waals surface area contributed by atoms with Crippen molar-refractivity contribution in [2.24, 2.45) is 5.92 Å². The third-order valence-corrected chi connectivity index (χ3v) is 4.81. The number of rotatable bonds is 6. The average molecular weight is 306 g/mol. The van der Waals surface area contributed by atoms with Crippen LogP contribution in [0.4, 0.5) is 0 Å². The van der Waals surface area contributed by atoms with E-state index in [-0.39, 0.29) is 0 Å². The molecular formula is C22H26O.